The molecule has 0 radical (unpaired) electrons. The Bertz CT molecular complexity index is 637. The molecule has 116 valence electrons. The molecule has 0 saturated carbocycles. The first-order valence-electron chi connectivity index (χ1n) is 7.61. The summed E-state index contributed by atoms with van der Waals surface area (Å²) in [4.78, 5) is 18.4. The zero-order chi connectivity index (χ0) is 15.5. The zero-order valence-electron chi connectivity index (χ0n) is 12.8. The minimum absolute atomic E-state index is 0.0462. The van der Waals surface area contributed by atoms with E-state index in [1.807, 2.05) is 29.8 Å². The van der Waals surface area contributed by atoms with Gasteiger partial charge in [0.15, 0.2) is 13.1 Å². The Morgan fingerprint density at radius 2 is 2.41 bits per heavy atom. The summed E-state index contributed by atoms with van der Waals surface area (Å²) in [6.07, 6.45) is 4.59. The summed E-state index contributed by atoms with van der Waals surface area (Å²) in [5, 5.41) is 3.10. The zero-order valence-corrected chi connectivity index (χ0v) is 12.8. The maximum absolute atomic E-state index is 12.0. The van der Waals surface area contributed by atoms with Crippen LogP contribution in [-0.4, -0.2) is 55.3 Å². The number of carbonyl (C=O) groups is 1. The molecule has 0 aliphatic carbocycles. The van der Waals surface area contributed by atoms with Crippen LogP contribution in [0.2, 0.25) is 0 Å². The van der Waals surface area contributed by atoms with Crippen molar-refractivity contribution in [3.05, 3.63) is 23.8 Å². The van der Waals surface area contributed by atoms with Crippen molar-refractivity contribution in [3.63, 3.8) is 0 Å². The number of nitrogens with one attached hydrogen (secondary N) is 1. The van der Waals surface area contributed by atoms with E-state index in [2.05, 4.69) is 21.3 Å². The van der Waals surface area contributed by atoms with Crippen molar-refractivity contribution < 1.29 is 9.37 Å². The number of carbonyl (C=O) groups excluding carboxylic acids is 1. The van der Waals surface area contributed by atoms with Crippen molar-refractivity contribution in [2.75, 3.05) is 36.8 Å². The molecule has 1 fully saturated rings. The number of hydrogen-bond donors (Lipinski definition) is 2. The second kappa shape index (κ2) is 6.17. The van der Waals surface area contributed by atoms with Crippen LogP contribution in [0.4, 0.5) is 11.4 Å². The fourth-order valence-corrected chi connectivity index (χ4v) is 2.86. The van der Waals surface area contributed by atoms with Gasteiger partial charge in [-0.15, -0.1) is 0 Å². The van der Waals surface area contributed by atoms with Crippen LogP contribution in [-0.2, 0) is 4.79 Å². The smallest absolute Gasteiger partial charge is 0.280 e. The summed E-state index contributed by atoms with van der Waals surface area (Å²) in [5.41, 5.74) is 8.94. The molecule has 2 aliphatic rings. The van der Waals surface area contributed by atoms with Crippen LogP contribution >= 0.6 is 0 Å². The number of aryl methyl sites for hydroxylation is 1. The molecular weight excluding hydrogens is 278 g/mol. The first-order chi connectivity index (χ1) is 10.6. The van der Waals surface area contributed by atoms with Crippen molar-refractivity contribution in [2.45, 2.75) is 19.4 Å². The number of aliphatic imine (C=N–C) groups is 1. The summed E-state index contributed by atoms with van der Waals surface area (Å²) in [6.45, 7) is 4.82. The molecule has 0 bridgehead atoms. The fourth-order valence-electron chi connectivity index (χ4n) is 2.86. The van der Waals surface area contributed by atoms with E-state index in [0.717, 1.165) is 30.8 Å². The Morgan fingerprint density at radius 1 is 1.55 bits per heavy atom. The molecule has 2 aliphatic heterocycles. The highest BCUT2D eigenvalue weighted by molar-refractivity contribution is 5.80. The molecule has 1 atom stereocenters. The molecule has 3 N–H and O–H groups in total. The third-order valence-corrected chi connectivity index (χ3v) is 4.15. The lowest BCUT2D eigenvalue weighted by molar-refractivity contribution is -0.377. The van der Waals surface area contributed by atoms with Gasteiger partial charge in [-0.25, -0.2) is 4.58 Å². The Labute approximate surface area is 130 Å². The summed E-state index contributed by atoms with van der Waals surface area (Å²) in [7, 11) is 0. The number of anilines is 2. The second-order valence-corrected chi connectivity index (χ2v) is 5.88. The molecular formula is C16H22N5O+. The first kappa shape index (κ1) is 14.6. The summed E-state index contributed by atoms with van der Waals surface area (Å²) in [6, 6.07) is 6.29. The van der Waals surface area contributed by atoms with Crippen LogP contribution in [0.3, 0.4) is 0 Å². The van der Waals surface area contributed by atoms with Crippen LogP contribution < -0.4 is 16.0 Å². The normalized spacial score (nSPS) is 20.3. The van der Waals surface area contributed by atoms with Gasteiger partial charge in [-0.1, -0.05) is 4.99 Å². The van der Waals surface area contributed by atoms with Gasteiger partial charge in [-0.05, 0) is 37.1 Å². The van der Waals surface area contributed by atoms with Crippen LogP contribution in [0.25, 0.3) is 0 Å². The minimum Gasteiger partial charge on any atom is -0.399 e. The Kier molecular flexibility index (Phi) is 4.09. The molecule has 3 rings (SSSR count). The predicted octanol–water partition coefficient (Wildman–Crippen LogP) is 0.397. The first-order valence-corrected chi connectivity index (χ1v) is 7.61. The van der Waals surface area contributed by atoms with E-state index < -0.39 is 0 Å². The monoisotopic (exact) mass is 300 g/mol. The van der Waals surface area contributed by atoms with Crippen LogP contribution in [0.15, 0.2) is 23.2 Å². The SMILES string of the molecule is Cc1cc(N2CCC(NC(=O)C[N+]3=CCN=C3)C2)ccc1N. The van der Waals surface area contributed by atoms with E-state index in [1.165, 1.54) is 5.69 Å². The number of benzene rings is 1. The molecule has 0 spiro atoms. The van der Waals surface area contributed by atoms with E-state index in [-0.39, 0.29) is 11.9 Å². The standard InChI is InChI=1S/C16H21N5O/c1-12-8-14(2-3-15(12)17)21-6-4-13(9-21)19-16(22)10-20-7-5-18-11-20/h2-3,7-8,11,13H,4-6,9-10,17H2,1H3/p+1. The van der Waals surface area contributed by atoms with Gasteiger partial charge in [0, 0.05) is 30.5 Å². The van der Waals surface area contributed by atoms with Crippen LogP contribution in [0.5, 0.6) is 0 Å². The molecule has 22 heavy (non-hydrogen) atoms. The van der Waals surface area contributed by atoms with Crippen molar-refractivity contribution in [3.8, 4) is 0 Å². The van der Waals surface area contributed by atoms with E-state index in [1.54, 1.807) is 6.34 Å². The van der Waals surface area contributed by atoms with Gasteiger partial charge in [0.25, 0.3) is 12.2 Å². The second-order valence-electron chi connectivity index (χ2n) is 5.88. The van der Waals surface area contributed by atoms with E-state index in [0.29, 0.717) is 13.1 Å². The third-order valence-electron chi connectivity index (χ3n) is 4.15. The minimum atomic E-state index is 0.0462. The van der Waals surface area contributed by atoms with Gasteiger partial charge in [0.1, 0.15) is 6.21 Å². The number of nitrogen functional groups attached to an aromatic ring is 1. The predicted molar refractivity (Wildman–Crippen MR) is 88.9 cm³/mol. The molecule has 1 aromatic carbocycles. The maximum atomic E-state index is 12.0. The molecule has 6 nitrogen and oxygen atoms in total. The van der Waals surface area contributed by atoms with E-state index in [4.69, 9.17) is 5.73 Å². The molecule has 0 aromatic heterocycles. The van der Waals surface area contributed by atoms with Crippen molar-refractivity contribution in [1.29, 1.82) is 0 Å². The quantitative estimate of drug-likeness (QED) is 0.624. The largest absolute Gasteiger partial charge is 0.399 e. The lowest BCUT2D eigenvalue weighted by Crippen LogP contribution is -2.40. The van der Waals surface area contributed by atoms with Crippen LogP contribution in [0.1, 0.15) is 12.0 Å². The molecule has 2 heterocycles. The molecule has 1 aromatic rings. The highest BCUT2D eigenvalue weighted by Gasteiger charge is 2.25. The molecule has 1 unspecified atom stereocenters. The molecule has 1 saturated heterocycles. The molecule has 1 amide bonds. The Hall–Kier alpha value is -2.37. The number of hydrogen-bond acceptors (Lipinski definition) is 4. The average molecular weight is 300 g/mol. The summed E-state index contributed by atoms with van der Waals surface area (Å²) < 4.78 is 1.82. The topological polar surface area (TPSA) is 73.7 Å². The number of amides is 1. The van der Waals surface area contributed by atoms with Gasteiger partial charge < -0.3 is 16.0 Å². The van der Waals surface area contributed by atoms with E-state index in [9.17, 15) is 4.79 Å². The van der Waals surface area contributed by atoms with Crippen LogP contribution in [0, 0.1) is 6.92 Å². The Morgan fingerprint density at radius 3 is 3.14 bits per heavy atom. The lowest BCUT2D eigenvalue weighted by atomic mass is 10.2. The highest BCUT2D eigenvalue weighted by Crippen LogP contribution is 2.24. The lowest BCUT2D eigenvalue weighted by Gasteiger charge is -2.20. The van der Waals surface area contributed by atoms with Crippen molar-refractivity contribution >= 4 is 29.8 Å². The van der Waals surface area contributed by atoms with Crippen molar-refractivity contribution in [2.24, 2.45) is 4.99 Å². The number of nitrogens with zero attached hydrogens (tertiary/aromatic N) is 3. The van der Waals surface area contributed by atoms with Gasteiger partial charge in [-0.3, -0.25) is 4.79 Å². The fraction of sp³-hybridized carbons (Fsp3) is 0.438. The van der Waals surface area contributed by atoms with Gasteiger partial charge >= 0.3 is 0 Å². The van der Waals surface area contributed by atoms with Gasteiger partial charge in [0.05, 0.1) is 0 Å². The number of nitrogens with two attached hydrogens (primary N) is 1. The Balaban J connectivity index is 1.54. The average Bonchev–Trinajstić information content (AvgIpc) is 3.13. The van der Waals surface area contributed by atoms with E-state index >= 15 is 0 Å². The number of rotatable bonds is 4. The summed E-state index contributed by atoms with van der Waals surface area (Å²) in [5.74, 6) is 0.0462. The van der Waals surface area contributed by atoms with Gasteiger partial charge in [0.2, 0.25) is 0 Å². The third kappa shape index (κ3) is 3.27. The summed E-state index contributed by atoms with van der Waals surface area (Å²) >= 11 is 0. The van der Waals surface area contributed by atoms with Crippen molar-refractivity contribution in [1.82, 2.24) is 5.32 Å². The maximum Gasteiger partial charge on any atom is 0.280 e. The highest BCUT2D eigenvalue weighted by atomic mass is 16.2. The van der Waals surface area contributed by atoms with Gasteiger partial charge in [-0.2, -0.15) is 0 Å². The molecule has 6 heteroatoms.